The highest BCUT2D eigenvalue weighted by Crippen LogP contribution is 2.25. The summed E-state index contributed by atoms with van der Waals surface area (Å²) in [4.78, 5) is 24.5. The molecule has 0 fully saturated rings. The second-order valence-electron chi connectivity index (χ2n) is 6.38. The lowest BCUT2D eigenvalue weighted by Gasteiger charge is -2.18. The molecule has 2 bridgehead atoms. The van der Waals surface area contributed by atoms with Gasteiger partial charge in [-0.3, -0.25) is 4.79 Å². The molecular weight excluding hydrogens is 497 g/mol. The number of nitrogens with one attached hydrogen (secondary N) is 1. The molecule has 2 heterocycles. The molecule has 1 amide bonds. The van der Waals surface area contributed by atoms with Crippen LogP contribution in [-0.4, -0.2) is 36.2 Å². The lowest BCUT2D eigenvalue weighted by Crippen LogP contribution is -2.42. The summed E-state index contributed by atoms with van der Waals surface area (Å²) < 4.78 is 12.4. The maximum atomic E-state index is 12.8. The van der Waals surface area contributed by atoms with Crippen LogP contribution < -0.4 is 14.8 Å². The number of carboxylic acids is 1. The Kier molecular flexibility index (Phi) is 7.01. The molecule has 1 atom stereocenters. The minimum absolute atomic E-state index is 0.147. The summed E-state index contributed by atoms with van der Waals surface area (Å²) in [5.41, 5.74) is 1.01. The van der Waals surface area contributed by atoms with E-state index in [0.29, 0.717) is 24.0 Å². The van der Waals surface area contributed by atoms with Crippen molar-refractivity contribution in [1.82, 2.24) is 5.32 Å². The maximum absolute atomic E-state index is 12.8. The van der Waals surface area contributed by atoms with Gasteiger partial charge in [-0.25, -0.2) is 4.79 Å². The molecule has 0 unspecified atom stereocenters. The fourth-order valence-corrected chi connectivity index (χ4v) is 3.74. The predicted molar refractivity (Wildman–Crippen MR) is 113 cm³/mol. The number of carbonyl (C=O) groups is 2. The van der Waals surface area contributed by atoms with Crippen LogP contribution in [0.4, 0.5) is 0 Å². The minimum Gasteiger partial charge on any atom is -0.493 e. The van der Waals surface area contributed by atoms with Crippen LogP contribution in [0.5, 0.6) is 11.5 Å². The average Bonchev–Trinajstić information content (AvgIpc) is 2.65. The molecule has 28 heavy (non-hydrogen) atoms. The summed E-state index contributed by atoms with van der Waals surface area (Å²) in [5.74, 6) is -0.522. The number of fused-ring (bicyclic) bond motifs is 10. The maximum Gasteiger partial charge on any atom is 0.326 e. The summed E-state index contributed by atoms with van der Waals surface area (Å²) in [5, 5.41) is 12.5. The number of hydrogen-bond acceptors (Lipinski definition) is 4. The molecule has 2 N–H and O–H groups in total. The zero-order valence-corrected chi connectivity index (χ0v) is 17.8. The molecule has 0 saturated carbocycles. The van der Waals surface area contributed by atoms with E-state index in [0.717, 1.165) is 27.7 Å². The van der Waals surface area contributed by atoms with Crippen molar-refractivity contribution >= 4 is 46.1 Å². The van der Waals surface area contributed by atoms with Crippen molar-refractivity contribution in [2.24, 2.45) is 0 Å². The lowest BCUT2D eigenvalue weighted by atomic mass is 10.0. The van der Waals surface area contributed by atoms with Gasteiger partial charge in [0.2, 0.25) is 0 Å². The number of carbonyl (C=O) groups excluding carboxylic acids is 1. The van der Waals surface area contributed by atoms with Gasteiger partial charge in [-0.15, -0.1) is 0 Å². The van der Waals surface area contributed by atoms with Gasteiger partial charge in [0.1, 0.15) is 17.5 Å². The molecule has 2 aliphatic rings. The highest BCUT2D eigenvalue weighted by molar-refractivity contribution is 14.1. The molecule has 2 aromatic carbocycles. The molecule has 148 valence electrons. The topological polar surface area (TPSA) is 84.9 Å². The van der Waals surface area contributed by atoms with E-state index in [1.165, 1.54) is 6.07 Å². The molecule has 2 aromatic rings. The number of halogens is 2. The van der Waals surface area contributed by atoms with Crippen molar-refractivity contribution < 1.29 is 24.2 Å². The van der Waals surface area contributed by atoms with E-state index in [1.54, 1.807) is 12.1 Å². The molecule has 0 saturated heterocycles. The van der Waals surface area contributed by atoms with Crippen molar-refractivity contribution in [3.63, 3.8) is 0 Å². The number of amides is 1. The quantitative estimate of drug-likeness (QED) is 0.563. The van der Waals surface area contributed by atoms with E-state index in [4.69, 9.17) is 21.1 Å². The fraction of sp³-hybridized carbons (Fsp3) is 0.300. The number of ether oxygens (including phenoxy) is 2. The molecule has 6 nitrogen and oxygen atoms in total. The number of hydrogen-bond donors (Lipinski definition) is 2. The first-order valence-corrected chi connectivity index (χ1v) is 10.3. The van der Waals surface area contributed by atoms with Gasteiger partial charge >= 0.3 is 5.97 Å². The van der Waals surface area contributed by atoms with Gasteiger partial charge in [-0.1, -0.05) is 17.7 Å². The number of rotatable bonds is 1. The van der Waals surface area contributed by atoms with Crippen LogP contribution in [0.15, 0.2) is 36.4 Å². The first kappa shape index (κ1) is 20.7. The van der Waals surface area contributed by atoms with Crippen molar-refractivity contribution in [2.45, 2.75) is 25.3 Å². The van der Waals surface area contributed by atoms with Gasteiger partial charge in [0.15, 0.2) is 0 Å². The summed E-state index contributed by atoms with van der Waals surface area (Å²) in [7, 11) is 0. The van der Waals surface area contributed by atoms with Gasteiger partial charge in [0, 0.05) is 11.4 Å². The summed E-state index contributed by atoms with van der Waals surface area (Å²) in [6.45, 7) is 0.952. The molecule has 4 rings (SSSR count). The number of carboxylic acid groups (broad SMARTS) is 1. The molecule has 0 spiro atoms. The predicted octanol–water partition coefficient (Wildman–Crippen LogP) is 3.92. The van der Waals surface area contributed by atoms with Gasteiger partial charge in [-0.05, 0) is 71.3 Å². The van der Waals surface area contributed by atoms with Crippen molar-refractivity contribution in [1.29, 1.82) is 0 Å². The first-order chi connectivity index (χ1) is 13.4. The van der Waals surface area contributed by atoms with E-state index in [2.05, 4.69) is 27.9 Å². The third kappa shape index (κ3) is 5.29. The van der Waals surface area contributed by atoms with Gasteiger partial charge < -0.3 is 19.9 Å². The summed E-state index contributed by atoms with van der Waals surface area (Å²) >= 11 is 8.19. The highest BCUT2D eigenvalue weighted by Gasteiger charge is 2.24. The van der Waals surface area contributed by atoms with Crippen molar-refractivity contribution in [3.05, 3.63) is 56.1 Å². The fourth-order valence-electron chi connectivity index (χ4n) is 2.83. The van der Waals surface area contributed by atoms with Crippen LogP contribution in [0.2, 0.25) is 5.02 Å². The van der Waals surface area contributed by atoms with Crippen LogP contribution in [0, 0.1) is 3.57 Å². The van der Waals surface area contributed by atoms with Gasteiger partial charge in [0.05, 0.1) is 22.3 Å². The smallest absolute Gasteiger partial charge is 0.326 e. The Balaban J connectivity index is 1.93. The number of benzene rings is 2. The van der Waals surface area contributed by atoms with Gasteiger partial charge in [-0.2, -0.15) is 0 Å². The second kappa shape index (κ2) is 9.47. The van der Waals surface area contributed by atoms with Gasteiger partial charge in [0.25, 0.3) is 5.91 Å². The van der Waals surface area contributed by atoms with E-state index in [9.17, 15) is 14.7 Å². The molecule has 0 aromatic heterocycles. The minimum atomic E-state index is -1.12. The molecule has 0 aliphatic carbocycles. The molecule has 0 radical (unpaired) electrons. The summed E-state index contributed by atoms with van der Waals surface area (Å²) in [6, 6.07) is 9.16. The largest absolute Gasteiger partial charge is 0.493 e. The molecule has 8 heteroatoms. The first-order valence-electron chi connectivity index (χ1n) is 8.81. The Hall–Kier alpha value is -2.00. The zero-order valence-electron chi connectivity index (χ0n) is 14.9. The molecular formula is C20H19ClINO5. The van der Waals surface area contributed by atoms with Crippen molar-refractivity contribution in [2.75, 3.05) is 13.2 Å². The Bertz CT molecular complexity index is 889. The normalized spacial score (nSPS) is 17.8. The van der Waals surface area contributed by atoms with E-state index >= 15 is 0 Å². The van der Waals surface area contributed by atoms with Crippen LogP contribution in [0.1, 0.15) is 28.8 Å². The Morgan fingerprint density at radius 1 is 1.11 bits per heavy atom. The van der Waals surface area contributed by atoms with Crippen LogP contribution >= 0.6 is 34.2 Å². The standard InChI is InChI=1S/C20H19ClINO5/c21-13-4-6-17-14(11-13)19(24)23-16(20(25)26)10-12-3-5-18(15(22)9-12)28-8-2-1-7-27-17/h3-6,9,11,16H,1-2,7-8,10H2,(H,23,24)(H,25,26)/t16-/m0/s1. The summed E-state index contributed by atoms with van der Waals surface area (Å²) in [6.07, 6.45) is 1.69. The highest BCUT2D eigenvalue weighted by atomic mass is 127. The third-order valence-corrected chi connectivity index (χ3v) is 5.36. The van der Waals surface area contributed by atoms with Crippen LogP contribution in [0.3, 0.4) is 0 Å². The van der Waals surface area contributed by atoms with E-state index in [-0.39, 0.29) is 12.0 Å². The lowest BCUT2D eigenvalue weighted by molar-refractivity contribution is -0.139. The van der Waals surface area contributed by atoms with E-state index in [1.807, 2.05) is 18.2 Å². The monoisotopic (exact) mass is 515 g/mol. The Morgan fingerprint density at radius 3 is 2.46 bits per heavy atom. The Labute approximate surface area is 181 Å². The SMILES string of the molecule is O=C1N[C@H](C(=O)O)Cc2ccc(c(I)c2)OCCCCOc2ccc(Cl)cc21. The van der Waals surface area contributed by atoms with Crippen LogP contribution in [0.25, 0.3) is 0 Å². The zero-order chi connectivity index (χ0) is 20.1. The van der Waals surface area contributed by atoms with Crippen LogP contribution in [-0.2, 0) is 11.2 Å². The Morgan fingerprint density at radius 2 is 1.79 bits per heavy atom. The third-order valence-electron chi connectivity index (χ3n) is 4.28. The number of aliphatic carboxylic acids is 1. The molecule has 2 aliphatic heterocycles. The second-order valence-corrected chi connectivity index (χ2v) is 7.98. The average molecular weight is 516 g/mol. The van der Waals surface area contributed by atoms with Crippen molar-refractivity contribution in [3.8, 4) is 11.5 Å². The van der Waals surface area contributed by atoms with E-state index < -0.39 is 17.9 Å².